The summed E-state index contributed by atoms with van der Waals surface area (Å²) < 4.78 is 5.58. The molecule has 0 saturated carbocycles. The van der Waals surface area contributed by atoms with E-state index in [1.165, 1.54) is 0 Å². The van der Waals surface area contributed by atoms with Gasteiger partial charge in [0.2, 0.25) is 5.91 Å². The molecule has 1 heterocycles. The van der Waals surface area contributed by atoms with E-state index in [2.05, 4.69) is 4.90 Å². The first-order chi connectivity index (χ1) is 12.6. The van der Waals surface area contributed by atoms with Crippen molar-refractivity contribution < 1.29 is 19.4 Å². The molecule has 1 amide bonds. The van der Waals surface area contributed by atoms with Gasteiger partial charge in [0.1, 0.15) is 5.75 Å². The summed E-state index contributed by atoms with van der Waals surface area (Å²) in [6.07, 6.45) is 0.363. The molecule has 1 saturated heterocycles. The van der Waals surface area contributed by atoms with Gasteiger partial charge in [0.05, 0.1) is 18.6 Å². The summed E-state index contributed by atoms with van der Waals surface area (Å²) in [7, 11) is 0. The average Bonchev–Trinajstić information content (AvgIpc) is 2.69. The third-order valence-corrected chi connectivity index (χ3v) is 4.44. The molecule has 136 valence electrons. The largest absolute Gasteiger partial charge is 0.493 e. The SMILES string of the molecule is O=C(O)c1ccc(N2CCN(C(=O)CCOc3ccccc3)CC2)cc1. The number of nitrogens with zero attached hydrogens (tertiary/aromatic N) is 2. The molecule has 0 spiro atoms. The standard InChI is InChI=1S/C20H22N2O4/c23-19(10-15-26-18-4-2-1-3-5-18)22-13-11-21(12-14-22)17-8-6-16(7-9-17)20(24)25/h1-9H,10-15H2,(H,24,25). The first-order valence-corrected chi connectivity index (χ1v) is 8.67. The second-order valence-corrected chi connectivity index (χ2v) is 6.13. The second-order valence-electron chi connectivity index (χ2n) is 6.13. The normalized spacial score (nSPS) is 14.2. The van der Waals surface area contributed by atoms with E-state index in [4.69, 9.17) is 9.84 Å². The third-order valence-electron chi connectivity index (χ3n) is 4.44. The summed E-state index contributed by atoms with van der Waals surface area (Å²) >= 11 is 0. The molecule has 0 radical (unpaired) electrons. The fourth-order valence-corrected chi connectivity index (χ4v) is 2.96. The van der Waals surface area contributed by atoms with Crippen molar-refractivity contribution in [2.24, 2.45) is 0 Å². The third kappa shape index (κ3) is 4.53. The van der Waals surface area contributed by atoms with E-state index < -0.39 is 5.97 Å². The number of carboxylic acids is 1. The number of para-hydroxylation sites is 1. The number of carboxylic acid groups (broad SMARTS) is 1. The summed E-state index contributed by atoms with van der Waals surface area (Å²) in [6.45, 7) is 3.16. The van der Waals surface area contributed by atoms with Gasteiger partial charge in [-0.1, -0.05) is 18.2 Å². The van der Waals surface area contributed by atoms with Crippen molar-refractivity contribution in [1.29, 1.82) is 0 Å². The number of hydrogen-bond acceptors (Lipinski definition) is 4. The van der Waals surface area contributed by atoms with E-state index in [0.29, 0.717) is 26.1 Å². The molecule has 1 aliphatic heterocycles. The van der Waals surface area contributed by atoms with E-state index in [9.17, 15) is 9.59 Å². The zero-order chi connectivity index (χ0) is 18.4. The lowest BCUT2D eigenvalue weighted by atomic mass is 10.2. The van der Waals surface area contributed by atoms with Crippen LogP contribution in [-0.4, -0.2) is 54.7 Å². The molecule has 0 aromatic heterocycles. The highest BCUT2D eigenvalue weighted by molar-refractivity contribution is 5.88. The van der Waals surface area contributed by atoms with Crippen LogP contribution in [-0.2, 0) is 4.79 Å². The Morgan fingerprint density at radius 2 is 1.58 bits per heavy atom. The van der Waals surface area contributed by atoms with Crippen LogP contribution in [0.3, 0.4) is 0 Å². The fourth-order valence-electron chi connectivity index (χ4n) is 2.96. The molecule has 2 aromatic carbocycles. The highest BCUT2D eigenvalue weighted by Crippen LogP contribution is 2.18. The van der Waals surface area contributed by atoms with Crippen LogP contribution in [0.4, 0.5) is 5.69 Å². The maximum absolute atomic E-state index is 12.3. The number of aromatic carboxylic acids is 1. The maximum Gasteiger partial charge on any atom is 0.335 e. The van der Waals surface area contributed by atoms with E-state index in [1.807, 2.05) is 47.4 Å². The number of hydrogen-bond donors (Lipinski definition) is 1. The monoisotopic (exact) mass is 354 g/mol. The molecule has 6 heteroatoms. The number of amides is 1. The fraction of sp³-hybridized carbons (Fsp3) is 0.300. The lowest BCUT2D eigenvalue weighted by Gasteiger charge is -2.36. The van der Waals surface area contributed by atoms with Crippen LogP contribution in [0.1, 0.15) is 16.8 Å². The van der Waals surface area contributed by atoms with Gasteiger partial charge in [0, 0.05) is 31.9 Å². The van der Waals surface area contributed by atoms with Crippen LogP contribution in [0.15, 0.2) is 54.6 Å². The van der Waals surface area contributed by atoms with Crippen LogP contribution < -0.4 is 9.64 Å². The number of piperazine rings is 1. The Bertz CT molecular complexity index is 738. The van der Waals surface area contributed by atoms with Crippen molar-refractivity contribution in [3.8, 4) is 5.75 Å². The molecule has 0 bridgehead atoms. The van der Waals surface area contributed by atoms with E-state index in [0.717, 1.165) is 24.5 Å². The first kappa shape index (κ1) is 17.8. The molecule has 0 atom stereocenters. The Balaban J connectivity index is 1.44. The van der Waals surface area contributed by atoms with E-state index in [1.54, 1.807) is 12.1 Å². The molecule has 0 unspecified atom stereocenters. The van der Waals surface area contributed by atoms with Gasteiger partial charge in [-0.2, -0.15) is 0 Å². The van der Waals surface area contributed by atoms with E-state index in [-0.39, 0.29) is 11.5 Å². The number of carbonyl (C=O) groups is 2. The Labute approximate surface area is 152 Å². The predicted molar refractivity (Wildman–Crippen MR) is 98.7 cm³/mol. The van der Waals surface area contributed by atoms with Gasteiger partial charge in [0.15, 0.2) is 0 Å². The minimum absolute atomic E-state index is 0.0989. The maximum atomic E-state index is 12.3. The highest BCUT2D eigenvalue weighted by atomic mass is 16.5. The number of benzene rings is 2. The molecule has 1 aliphatic rings. The van der Waals surface area contributed by atoms with Crippen molar-refractivity contribution in [1.82, 2.24) is 4.90 Å². The van der Waals surface area contributed by atoms with Crippen molar-refractivity contribution in [3.63, 3.8) is 0 Å². The summed E-state index contributed by atoms with van der Waals surface area (Å²) in [5, 5.41) is 8.96. The molecule has 1 N–H and O–H groups in total. The van der Waals surface area contributed by atoms with Crippen LogP contribution >= 0.6 is 0 Å². The van der Waals surface area contributed by atoms with Crippen molar-refractivity contribution in [3.05, 3.63) is 60.2 Å². The Kier molecular flexibility index (Phi) is 5.73. The van der Waals surface area contributed by atoms with Gasteiger partial charge in [-0.25, -0.2) is 4.79 Å². The van der Waals surface area contributed by atoms with Crippen LogP contribution in [0.2, 0.25) is 0 Å². The van der Waals surface area contributed by atoms with Gasteiger partial charge in [-0.05, 0) is 36.4 Å². The Morgan fingerprint density at radius 1 is 0.923 bits per heavy atom. The molecule has 1 fully saturated rings. The second kappa shape index (κ2) is 8.38. The topological polar surface area (TPSA) is 70.1 Å². The Hall–Kier alpha value is -3.02. The van der Waals surface area contributed by atoms with Gasteiger partial charge in [-0.3, -0.25) is 4.79 Å². The lowest BCUT2D eigenvalue weighted by Crippen LogP contribution is -2.49. The smallest absolute Gasteiger partial charge is 0.335 e. The molecule has 0 aliphatic carbocycles. The van der Waals surface area contributed by atoms with Crippen molar-refractivity contribution in [2.45, 2.75) is 6.42 Å². The van der Waals surface area contributed by atoms with Gasteiger partial charge < -0.3 is 19.6 Å². The molecular formula is C20H22N2O4. The highest BCUT2D eigenvalue weighted by Gasteiger charge is 2.21. The zero-order valence-corrected chi connectivity index (χ0v) is 14.5. The van der Waals surface area contributed by atoms with E-state index >= 15 is 0 Å². The van der Waals surface area contributed by atoms with Gasteiger partial charge in [-0.15, -0.1) is 0 Å². The van der Waals surface area contributed by atoms with Gasteiger partial charge in [0.25, 0.3) is 0 Å². The number of ether oxygens (including phenoxy) is 1. The van der Waals surface area contributed by atoms with Crippen LogP contribution in [0.25, 0.3) is 0 Å². The summed E-state index contributed by atoms with van der Waals surface area (Å²) in [5.74, 6) is -0.0542. The van der Waals surface area contributed by atoms with Crippen LogP contribution in [0.5, 0.6) is 5.75 Å². The van der Waals surface area contributed by atoms with Crippen molar-refractivity contribution in [2.75, 3.05) is 37.7 Å². The number of carbonyl (C=O) groups excluding carboxylic acids is 1. The summed E-state index contributed by atoms with van der Waals surface area (Å²) in [4.78, 5) is 27.2. The van der Waals surface area contributed by atoms with Crippen molar-refractivity contribution >= 4 is 17.6 Å². The molecular weight excluding hydrogens is 332 g/mol. The van der Waals surface area contributed by atoms with Crippen LogP contribution in [0, 0.1) is 0 Å². The zero-order valence-electron chi connectivity index (χ0n) is 14.5. The minimum atomic E-state index is -0.926. The lowest BCUT2D eigenvalue weighted by molar-refractivity contribution is -0.132. The molecule has 26 heavy (non-hydrogen) atoms. The number of anilines is 1. The molecule has 6 nitrogen and oxygen atoms in total. The molecule has 2 aromatic rings. The summed E-state index contributed by atoms with van der Waals surface area (Å²) in [6, 6.07) is 16.3. The molecule has 3 rings (SSSR count). The summed E-state index contributed by atoms with van der Waals surface area (Å²) in [5.41, 5.74) is 1.26. The number of rotatable bonds is 6. The quantitative estimate of drug-likeness (QED) is 0.863. The average molecular weight is 354 g/mol. The first-order valence-electron chi connectivity index (χ1n) is 8.67. The van der Waals surface area contributed by atoms with Gasteiger partial charge >= 0.3 is 5.97 Å². The predicted octanol–water partition coefficient (Wildman–Crippen LogP) is 2.50. The Morgan fingerprint density at radius 3 is 2.19 bits per heavy atom. The minimum Gasteiger partial charge on any atom is -0.493 e.